The molecule has 0 aliphatic carbocycles. The van der Waals surface area contributed by atoms with Crippen molar-refractivity contribution >= 4 is 27.5 Å². The minimum atomic E-state index is -0.220. The van der Waals surface area contributed by atoms with Gasteiger partial charge in [-0.25, -0.2) is 0 Å². The van der Waals surface area contributed by atoms with E-state index in [-0.39, 0.29) is 11.9 Å². The highest BCUT2D eigenvalue weighted by Crippen LogP contribution is 2.28. The predicted molar refractivity (Wildman–Crippen MR) is 70.1 cm³/mol. The van der Waals surface area contributed by atoms with E-state index in [1.807, 2.05) is 26.8 Å². The van der Waals surface area contributed by atoms with Crippen LogP contribution in [0.25, 0.3) is 0 Å². The summed E-state index contributed by atoms with van der Waals surface area (Å²) < 4.78 is 0.975. The number of benzene rings is 1. The number of halogens is 1. The fourth-order valence-electron chi connectivity index (χ4n) is 1.48. The van der Waals surface area contributed by atoms with Gasteiger partial charge in [-0.2, -0.15) is 0 Å². The summed E-state index contributed by atoms with van der Waals surface area (Å²) in [5.74, 6) is 0.159. The van der Waals surface area contributed by atoms with E-state index in [4.69, 9.17) is 10.9 Å². The zero-order valence-electron chi connectivity index (χ0n) is 9.58. The fraction of sp³-hybridized carbons (Fsp3) is 0.364. The Morgan fingerprint density at radius 3 is 2.62 bits per heavy atom. The molecule has 1 aromatic rings. The summed E-state index contributed by atoms with van der Waals surface area (Å²) in [6, 6.07) is 3.88. The van der Waals surface area contributed by atoms with Gasteiger partial charge in [-0.3, -0.25) is 0 Å². The first-order valence-electron chi connectivity index (χ1n) is 4.96. The lowest BCUT2D eigenvalue weighted by molar-refractivity contribution is 0.316. The Labute approximate surface area is 104 Å². The van der Waals surface area contributed by atoms with E-state index < -0.39 is 0 Å². The highest BCUT2D eigenvalue weighted by atomic mass is 79.9. The van der Waals surface area contributed by atoms with Crippen LogP contribution in [-0.2, 0) is 0 Å². The number of nitrogens with one attached hydrogen (secondary N) is 1. The first-order valence-corrected chi connectivity index (χ1v) is 5.75. The molecule has 1 rings (SSSR count). The van der Waals surface area contributed by atoms with Crippen LogP contribution in [-0.4, -0.2) is 17.1 Å². The van der Waals surface area contributed by atoms with Gasteiger partial charge in [-0.1, -0.05) is 11.2 Å². The summed E-state index contributed by atoms with van der Waals surface area (Å²) in [6.07, 6.45) is 0. The number of aryl methyl sites for hydroxylation is 2. The van der Waals surface area contributed by atoms with Crippen LogP contribution in [0.1, 0.15) is 18.1 Å². The van der Waals surface area contributed by atoms with Gasteiger partial charge in [-0.15, -0.1) is 0 Å². The molecular formula is C11H16BrN3O. The molecule has 0 radical (unpaired) electrons. The fourth-order valence-corrected chi connectivity index (χ4v) is 2.26. The second kappa shape index (κ2) is 5.21. The topological polar surface area (TPSA) is 70.6 Å². The predicted octanol–water partition coefficient (Wildman–Crippen LogP) is 2.61. The Hall–Kier alpha value is -1.23. The van der Waals surface area contributed by atoms with Crippen LogP contribution in [0.5, 0.6) is 0 Å². The number of rotatable bonds is 3. The van der Waals surface area contributed by atoms with Gasteiger partial charge in [0.15, 0.2) is 5.84 Å². The summed E-state index contributed by atoms with van der Waals surface area (Å²) in [4.78, 5) is 0. The molecule has 0 aromatic heterocycles. The second-order valence-electron chi connectivity index (χ2n) is 3.83. The zero-order valence-corrected chi connectivity index (χ0v) is 11.2. The molecule has 5 heteroatoms. The number of nitrogens with zero attached hydrogens (tertiary/aromatic N) is 1. The monoisotopic (exact) mass is 285 g/mol. The first kappa shape index (κ1) is 12.8. The van der Waals surface area contributed by atoms with Crippen LogP contribution < -0.4 is 11.1 Å². The Morgan fingerprint density at radius 2 is 2.12 bits per heavy atom. The number of nitrogens with two attached hydrogens (primary N) is 1. The van der Waals surface area contributed by atoms with Crippen LogP contribution in [0, 0.1) is 13.8 Å². The standard InChI is InChI=1S/C11H16BrN3O/c1-6-4-7(2)10(9(12)5-6)14-8(3)11(13)15-16/h4-5,8,14,16H,1-3H3,(H2,13,15). The van der Waals surface area contributed by atoms with E-state index in [1.54, 1.807) is 0 Å². The van der Waals surface area contributed by atoms with Crippen molar-refractivity contribution in [3.63, 3.8) is 0 Å². The Bertz CT molecular complexity index is 395. The van der Waals surface area contributed by atoms with E-state index in [2.05, 4.69) is 32.5 Å². The minimum Gasteiger partial charge on any atom is -0.409 e. The largest absolute Gasteiger partial charge is 0.409 e. The highest BCUT2D eigenvalue weighted by molar-refractivity contribution is 9.10. The Balaban J connectivity index is 2.98. The van der Waals surface area contributed by atoms with Crippen molar-refractivity contribution in [2.45, 2.75) is 26.8 Å². The van der Waals surface area contributed by atoms with Gasteiger partial charge < -0.3 is 16.3 Å². The maximum Gasteiger partial charge on any atom is 0.161 e. The SMILES string of the molecule is Cc1cc(C)c(NC(C)C(N)=NO)c(Br)c1. The van der Waals surface area contributed by atoms with Crippen LogP contribution in [0.2, 0.25) is 0 Å². The van der Waals surface area contributed by atoms with E-state index in [1.165, 1.54) is 5.56 Å². The summed E-state index contributed by atoms with van der Waals surface area (Å²) in [5, 5.41) is 14.7. The van der Waals surface area contributed by atoms with Gasteiger partial charge in [0, 0.05) is 4.47 Å². The van der Waals surface area contributed by atoms with Crippen LogP contribution in [0.4, 0.5) is 5.69 Å². The molecule has 0 bridgehead atoms. The number of hydrogen-bond donors (Lipinski definition) is 3. The van der Waals surface area contributed by atoms with Crippen molar-refractivity contribution in [2.24, 2.45) is 10.9 Å². The zero-order chi connectivity index (χ0) is 12.3. The van der Waals surface area contributed by atoms with Crippen molar-refractivity contribution in [3.8, 4) is 0 Å². The molecule has 4 N–H and O–H groups in total. The molecule has 0 saturated carbocycles. The van der Waals surface area contributed by atoms with Gasteiger partial charge >= 0.3 is 0 Å². The quantitative estimate of drug-likeness (QED) is 0.346. The van der Waals surface area contributed by atoms with Crippen molar-refractivity contribution < 1.29 is 5.21 Å². The average Bonchev–Trinajstić information content (AvgIpc) is 2.21. The van der Waals surface area contributed by atoms with Gasteiger partial charge in [0.05, 0.1) is 11.7 Å². The maximum absolute atomic E-state index is 8.58. The number of hydrogen-bond acceptors (Lipinski definition) is 3. The summed E-state index contributed by atoms with van der Waals surface area (Å²) in [7, 11) is 0. The second-order valence-corrected chi connectivity index (χ2v) is 4.68. The van der Waals surface area contributed by atoms with Gasteiger partial charge in [0.2, 0.25) is 0 Å². The van der Waals surface area contributed by atoms with Gasteiger partial charge in [-0.05, 0) is 53.9 Å². The van der Waals surface area contributed by atoms with E-state index >= 15 is 0 Å². The minimum absolute atomic E-state index is 0.159. The molecule has 0 aliphatic heterocycles. The molecule has 4 nitrogen and oxygen atoms in total. The van der Waals surface area contributed by atoms with Crippen LogP contribution in [0.3, 0.4) is 0 Å². The molecule has 0 spiro atoms. The molecule has 1 atom stereocenters. The van der Waals surface area contributed by atoms with E-state index in [9.17, 15) is 0 Å². The summed E-state index contributed by atoms with van der Waals surface area (Å²) >= 11 is 3.49. The van der Waals surface area contributed by atoms with Crippen molar-refractivity contribution in [1.29, 1.82) is 0 Å². The molecule has 0 fully saturated rings. The number of anilines is 1. The molecule has 0 saturated heterocycles. The van der Waals surface area contributed by atoms with E-state index in [0.29, 0.717) is 0 Å². The molecule has 1 unspecified atom stereocenters. The van der Waals surface area contributed by atoms with Crippen LogP contribution >= 0.6 is 15.9 Å². The van der Waals surface area contributed by atoms with Crippen molar-refractivity contribution in [2.75, 3.05) is 5.32 Å². The molecule has 16 heavy (non-hydrogen) atoms. The van der Waals surface area contributed by atoms with Crippen molar-refractivity contribution in [1.82, 2.24) is 0 Å². The average molecular weight is 286 g/mol. The first-order chi connectivity index (χ1) is 7.45. The summed E-state index contributed by atoms with van der Waals surface area (Å²) in [6.45, 7) is 5.88. The lowest BCUT2D eigenvalue weighted by Crippen LogP contribution is -2.33. The molecule has 1 aromatic carbocycles. The lowest BCUT2D eigenvalue weighted by Gasteiger charge is -2.17. The molecule has 0 heterocycles. The van der Waals surface area contributed by atoms with Crippen LogP contribution in [0.15, 0.2) is 21.8 Å². The third-order valence-electron chi connectivity index (χ3n) is 2.35. The normalized spacial score (nSPS) is 13.6. The molecule has 0 amide bonds. The molecule has 88 valence electrons. The van der Waals surface area contributed by atoms with Gasteiger partial charge in [0.1, 0.15) is 0 Å². The third-order valence-corrected chi connectivity index (χ3v) is 2.98. The molecule has 0 aliphatic rings. The number of amidine groups is 1. The van der Waals surface area contributed by atoms with Crippen molar-refractivity contribution in [3.05, 3.63) is 27.7 Å². The maximum atomic E-state index is 8.58. The Kier molecular flexibility index (Phi) is 4.18. The van der Waals surface area contributed by atoms with E-state index in [0.717, 1.165) is 15.7 Å². The smallest absolute Gasteiger partial charge is 0.161 e. The lowest BCUT2D eigenvalue weighted by atomic mass is 10.1. The highest BCUT2D eigenvalue weighted by Gasteiger charge is 2.11. The Morgan fingerprint density at radius 1 is 1.50 bits per heavy atom. The van der Waals surface area contributed by atoms with Gasteiger partial charge in [0.25, 0.3) is 0 Å². The third kappa shape index (κ3) is 2.88. The summed E-state index contributed by atoms with van der Waals surface area (Å²) in [5.41, 5.74) is 8.78. The number of oxime groups is 1. The molecular weight excluding hydrogens is 270 g/mol.